The van der Waals surface area contributed by atoms with E-state index in [1.165, 1.54) is 6.07 Å². The summed E-state index contributed by atoms with van der Waals surface area (Å²) in [6.45, 7) is 1.94. The summed E-state index contributed by atoms with van der Waals surface area (Å²) in [7, 11) is -4.48. The number of rotatable bonds is 3. The first-order valence-corrected chi connectivity index (χ1v) is 8.10. The van der Waals surface area contributed by atoms with E-state index in [1.54, 1.807) is 12.1 Å². The Labute approximate surface area is 126 Å². The third-order valence-corrected chi connectivity index (χ3v) is 4.49. The third kappa shape index (κ3) is 2.18. The van der Waals surface area contributed by atoms with Crippen molar-refractivity contribution >= 4 is 32.8 Å². The highest BCUT2D eigenvalue weighted by Gasteiger charge is 2.30. The Morgan fingerprint density at radius 1 is 1.09 bits per heavy atom. The van der Waals surface area contributed by atoms with Crippen LogP contribution in [0.4, 0.5) is 0 Å². The Morgan fingerprint density at radius 3 is 2.41 bits per heavy atom. The number of cyclic esters (lactones) is 2. The van der Waals surface area contributed by atoms with Crippen molar-refractivity contribution in [2.24, 2.45) is 0 Å². The lowest BCUT2D eigenvalue weighted by Crippen LogP contribution is -2.20. The van der Waals surface area contributed by atoms with Gasteiger partial charge in [0.05, 0.1) is 11.1 Å². The molecule has 0 saturated heterocycles. The Hall–Kier alpha value is -2.25. The molecule has 0 spiro atoms. The van der Waals surface area contributed by atoms with Crippen LogP contribution >= 0.6 is 0 Å². The van der Waals surface area contributed by atoms with E-state index in [0.717, 1.165) is 18.1 Å². The normalized spacial score (nSPS) is 14.3. The summed E-state index contributed by atoms with van der Waals surface area (Å²) < 4.78 is 37.2. The van der Waals surface area contributed by atoms with Crippen LogP contribution in [0.25, 0.3) is 10.8 Å². The molecule has 2 aromatic rings. The van der Waals surface area contributed by atoms with Crippen LogP contribution in [-0.2, 0) is 21.3 Å². The lowest BCUT2D eigenvalue weighted by Gasteiger charge is -2.18. The Balaban J connectivity index is 2.50. The molecule has 0 radical (unpaired) electrons. The highest BCUT2D eigenvalue weighted by atomic mass is 32.2. The van der Waals surface area contributed by atoms with E-state index in [1.807, 2.05) is 6.92 Å². The molecule has 114 valence electrons. The van der Waals surface area contributed by atoms with Gasteiger partial charge in [-0.25, -0.2) is 9.59 Å². The minimum Gasteiger partial charge on any atom is -0.386 e. The van der Waals surface area contributed by atoms with Crippen LogP contribution in [0.3, 0.4) is 0 Å². The first-order chi connectivity index (χ1) is 10.3. The Bertz CT molecular complexity index is 927. The molecule has 0 aromatic heterocycles. The molecule has 0 bridgehead atoms. The number of benzene rings is 2. The van der Waals surface area contributed by atoms with Crippen LogP contribution in [0.2, 0.25) is 0 Å². The van der Waals surface area contributed by atoms with Crippen molar-refractivity contribution in [1.29, 1.82) is 0 Å². The molecular formula is C15H12O6S. The summed E-state index contributed by atoms with van der Waals surface area (Å²) in [5, 5.41) is 0.363. The molecule has 0 fully saturated rings. The van der Waals surface area contributed by atoms with Crippen molar-refractivity contribution in [1.82, 2.24) is 0 Å². The monoisotopic (exact) mass is 320 g/mol. The molecule has 1 aliphatic rings. The zero-order valence-electron chi connectivity index (χ0n) is 11.6. The molecule has 1 heterocycles. The summed E-state index contributed by atoms with van der Waals surface area (Å²) in [5.74, 6) is -1.64. The van der Waals surface area contributed by atoms with Crippen LogP contribution in [0.5, 0.6) is 0 Å². The number of hydrogen-bond donors (Lipinski definition) is 1. The quantitative estimate of drug-likeness (QED) is 0.529. The van der Waals surface area contributed by atoms with Gasteiger partial charge in [0.25, 0.3) is 10.1 Å². The van der Waals surface area contributed by atoms with Crippen LogP contribution < -0.4 is 0 Å². The molecule has 3 rings (SSSR count). The van der Waals surface area contributed by atoms with Crippen LogP contribution in [0.1, 0.15) is 39.6 Å². The van der Waals surface area contributed by atoms with Crippen molar-refractivity contribution in [2.75, 3.05) is 0 Å². The van der Waals surface area contributed by atoms with E-state index in [-0.39, 0.29) is 26.8 Å². The minimum absolute atomic E-state index is 0.111. The van der Waals surface area contributed by atoms with Crippen molar-refractivity contribution < 1.29 is 27.3 Å². The van der Waals surface area contributed by atoms with E-state index in [4.69, 9.17) is 0 Å². The second kappa shape index (κ2) is 4.89. The zero-order valence-corrected chi connectivity index (χ0v) is 12.4. The van der Waals surface area contributed by atoms with Gasteiger partial charge >= 0.3 is 11.9 Å². The number of ether oxygens (including phenoxy) is 1. The fraction of sp³-hybridized carbons (Fsp3) is 0.200. The van der Waals surface area contributed by atoms with E-state index in [9.17, 15) is 22.6 Å². The number of carbonyl (C=O) groups is 2. The average Bonchev–Trinajstić information content (AvgIpc) is 2.43. The predicted octanol–water partition coefficient (Wildman–Crippen LogP) is 2.35. The van der Waals surface area contributed by atoms with Gasteiger partial charge in [0.15, 0.2) is 0 Å². The van der Waals surface area contributed by atoms with E-state index in [2.05, 4.69) is 4.74 Å². The first kappa shape index (κ1) is 14.7. The summed E-state index contributed by atoms with van der Waals surface area (Å²) in [6, 6.07) is 5.56. The van der Waals surface area contributed by atoms with Crippen molar-refractivity contribution in [3.8, 4) is 0 Å². The lowest BCUT2D eigenvalue weighted by atomic mass is 9.93. The molecule has 7 heteroatoms. The summed E-state index contributed by atoms with van der Waals surface area (Å²) >= 11 is 0. The number of hydrogen-bond acceptors (Lipinski definition) is 5. The second-order valence-corrected chi connectivity index (χ2v) is 6.47. The van der Waals surface area contributed by atoms with Crippen molar-refractivity contribution in [2.45, 2.75) is 24.7 Å². The maximum atomic E-state index is 11.9. The standard InChI is InChI=1S/C15H12O6S/c1-2-3-8-6-10-12(22(18,19)20)5-4-9-13(10)11(7-8)15(17)21-14(9)16/h4-7H,2-3H2,1H3,(H,18,19,20). The Morgan fingerprint density at radius 2 is 1.77 bits per heavy atom. The third-order valence-electron chi connectivity index (χ3n) is 3.58. The molecule has 6 nitrogen and oxygen atoms in total. The Kier molecular flexibility index (Phi) is 3.26. The molecule has 0 atom stereocenters. The number of carbonyl (C=O) groups excluding carboxylic acids is 2. The second-order valence-electron chi connectivity index (χ2n) is 5.08. The first-order valence-electron chi connectivity index (χ1n) is 6.66. The lowest BCUT2D eigenvalue weighted by molar-refractivity contribution is 0.0391. The van der Waals surface area contributed by atoms with Gasteiger partial charge in [0, 0.05) is 10.8 Å². The van der Waals surface area contributed by atoms with Gasteiger partial charge in [-0.2, -0.15) is 8.42 Å². The van der Waals surface area contributed by atoms with E-state index in [0.29, 0.717) is 6.42 Å². The highest BCUT2D eigenvalue weighted by molar-refractivity contribution is 7.86. The zero-order chi connectivity index (χ0) is 16.1. The fourth-order valence-electron chi connectivity index (χ4n) is 2.70. The predicted molar refractivity (Wildman–Crippen MR) is 77.5 cm³/mol. The van der Waals surface area contributed by atoms with Gasteiger partial charge in [-0.1, -0.05) is 13.3 Å². The van der Waals surface area contributed by atoms with E-state index < -0.39 is 22.1 Å². The van der Waals surface area contributed by atoms with E-state index >= 15 is 0 Å². The molecule has 22 heavy (non-hydrogen) atoms. The molecule has 1 N–H and O–H groups in total. The van der Waals surface area contributed by atoms with Gasteiger partial charge in [-0.15, -0.1) is 0 Å². The van der Waals surface area contributed by atoms with Gasteiger partial charge in [0.1, 0.15) is 4.90 Å². The summed E-state index contributed by atoms with van der Waals surface area (Å²) in [5.41, 5.74) is 0.986. The number of aryl methyl sites for hydroxylation is 1. The molecule has 0 unspecified atom stereocenters. The fourth-order valence-corrected chi connectivity index (χ4v) is 3.38. The smallest absolute Gasteiger partial charge is 0.346 e. The summed E-state index contributed by atoms with van der Waals surface area (Å²) in [6.07, 6.45) is 1.42. The SMILES string of the molecule is CCCc1cc2c3c(ccc(S(=O)(=O)O)c3c1)C(=O)OC2=O. The van der Waals surface area contributed by atoms with Gasteiger partial charge in [-0.3, -0.25) is 4.55 Å². The molecular weight excluding hydrogens is 308 g/mol. The van der Waals surface area contributed by atoms with Crippen LogP contribution in [0, 0.1) is 0 Å². The minimum atomic E-state index is -4.48. The largest absolute Gasteiger partial charge is 0.386 e. The molecule has 1 aliphatic heterocycles. The highest BCUT2D eigenvalue weighted by Crippen LogP contribution is 2.34. The average molecular weight is 320 g/mol. The maximum absolute atomic E-state index is 11.9. The van der Waals surface area contributed by atoms with Gasteiger partial charge in [0.2, 0.25) is 0 Å². The molecule has 2 aromatic carbocycles. The summed E-state index contributed by atoms with van der Waals surface area (Å²) in [4.78, 5) is 23.4. The topological polar surface area (TPSA) is 97.7 Å². The number of esters is 2. The van der Waals surface area contributed by atoms with Crippen LogP contribution in [-0.4, -0.2) is 24.9 Å². The molecule has 0 aliphatic carbocycles. The van der Waals surface area contributed by atoms with Gasteiger partial charge in [-0.05, 0) is 36.2 Å². The van der Waals surface area contributed by atoms with Gasteiger partial charge < -0.3 is 4.74 Å². The van der Waals surface area contributed by atoms with Crippen molar-refractivity contribution in [3.63, 3.8) is 0 Å². The maximum Gasteiger partial charge on any atom is 0.346 e. The molecule has 0 saturated carbocycles. The van der Waals surface area contributed by atoms with Crippen LogP contribution in [0.15, 0.2) is 29.2 Å². The van der Waals surface area contributed by atoms with Crippen molar-refractivity contribution in [3.05, 3.63) is 41.0 Å². The molecule has 0 amide bonds.